The summed E-state index contributed by atoms with van der Waals surface area (Å²) < 4.78 is 10.3. The van der Waals surface area contributed by atoms with Crippen LogP contribution in [0, 0.1) is 5.92 Å². The van der Waals surface area contributed by atoms with Crippen LogP contribution in [0.2, 0.25) is 0 Å². The molecule has 1 fully saturated rings. The number of amides is 1. The number of rotatable bonds is 5. The van der Waals surface area contributed by atoms with Crippen molar-refractivity contribution in [1.29, 1.82) is 0 Å². The van der Waals surface area contributed by atoms with Gasteiger partial charge in [0.05, 0.1) is 26.5 Å². The van der Waals surface area contributed by atoms with Gasteiger partial charge in [0.2, 0.25) is 0 Å². The summed E-state index contributed by atoms with van der Waals surface area (Å²) in [4.78, 5) is 25.9. The third-order valence-electron chi connectivity index (χ3n) is 4.61. The molecule has 0 unspecified atom stereocenters. The average molecular weight is 363 g/mol. The molecule has 0 aliphatic carbocycles. The van der Waals surface area contributed by atoms with E-state index in [1.165, 1.54) is 23.3 Å². The van der Waals surface area contributed by atoms with Crippen molar-refractivity contribution in [3.63, 3.8) is 0 Å². The Morgan fingerprint density at radius 3 is 2.80 bits per heavy atom. The quantitative estimate of drug-likeness (QED) is 0.798. The van der Waals surface area contributed by atoms with Crippen LogP contribution in [0.15, 0.2) is 28.2 Å². The van der Waals surface area contributed by atoms with E-state index in [1.807, 2.05) is 0 Å². The van der Waals surface area contributed by atoms with Crippen molar-refractivity contribution in [3.8, 4) is 11.3 Å². The number of carbonyl (C=O) groups excluding carboxylic acids is 2. The molecule has 0 bridgehead atoms. The maximum atomic E-state index is 12.4. The minimum absolute atomic E-state index is 0.0810. The van der Waals surface area contributed by atoms with Gasteiger partial charge >= 0.3 is 5.97 Å². The van der Waals surface area contributed by atoms with Gasteiger partial charge in [0.1, 0.15) is 16.3 Å². The first-order chi connectivity index (χ1) is 12.1. The number of nitrogens with one attached hydrogen (secondary N) is 2. The van der Waals surface area contributed by atoms with Crippen molar-refractivity contribution in [2.75, 3.05) is 32.1 Å². The molecule has 7 heteroatoms. The normalized spacial score (nSPS) is 20.2. The SMILES string of the molecule is COC(=O)c1c(-c2ccco2)csc1NC(=O)C[NH+]1CCC(C)CC1. The minimum atomic E-state index is -0.484. The Hall–Kier alpha value is -2.12. The van der Waals surface area contributed by atoms with E-state index in [4.69, 9.17) is 9.15 Å². The van der Waals surface area contributed by atoms with Crippen LogP contribution in [0.5, 0.6) is 0 Å². The standard InChI is InChI=1S/C18H22N2O4S/c1-12-5-7-20(8-6-12)10-15(21)19-17-16(18(22)23-2)13(11-25-17)14-4-3-9-24-14/h3-4,9,11-12H,5-8,10H2,1-2H3,(H,19,21)/p+1. The molecule has 2 aromatic rings. The lowest BCUT2D eigenvalue weighted by atomic mass is 9.99. The third-order valence-corrected chi connectivity index (χ3v) is 5.51. The molecule has 1 amide bonds. The fourth-order valence-corrected chi connectivity index (χ4v) is 4.07. The van der Waals surface area contributed by atoms with Gasteiger partial charge in [0.15, 0.2) is 6.54 Å². The molecule has 25 heavy (non-hydrogen) atoms. The van der Waals surface area contributed by atoms with Crippen LogP contribution in [0.4, 0.5) is 5.00 Å². The summed E-state index contributed by atoms with van der Waals surface area (Å²) in [7, 11) is 1.33. The van der Waals surface area contributed by atoms with Crippen molar-refractivity contribution >= 4 is 28.2 Å². The van der Waals surface area contributed by atoms with Crippen molar-refractivity contribution < 1.29 is 23.6 Å². The van der Waals surface area contributed by atoms with Gasteiger partial charge in [-0.25, -0.2) is 4.79 Å². The highest BCUT2D eigenvalue weighted by Crippen LogP contribution is 2.36. The predicted molar refractivity (Wildman–Crippen MR) is 96.0 cm³/mol. The summed E-state index contributed by atoms with van der Waals surface area (Å²) in [6.07, 6.45) is 3.85. The van der Waals surface area contributed by atoms with Gasteiger partial charge in [-0.1, -0.05) is 6.92 Å². The highest BCUT2D eigenvalue weighted by Gasteiger charge is 2.26. The third kappa shape index (κ3) is 4.11. The molecular formula is C18H23N2O4S+. The summed E-state index contributed by atoms with van der Waals surface area (Å²) in [5.41, 5.74) is 0.981. The fraction of sp³-hybridized carbons (Fsp3) is 0.444. The van der Waals surface area contributed by atoms with Gasteiger partial charge in [-0.2, -0.15) is 0 Å². The first kappa shape index (κ1) is 17.7. The Kier molecular flexibility index (Phi) is 5.55. The van der Waals surface area contributed by atoms with Crippen LogP contribution < -0.4 is 10.2 Å². The van der Waals surface area contributed by atoms with Gasteiger partial charge in [-0.15, -0.1) is 11.3 Å². The van der Waals surface area contributed by atoms with Crippen LogP contribution in [0.25, 0.3) is 11.3 Å². The number of anilines is 1. The van der Waals surface area contributed by atoms with E-state index in [-0.39, 0.29) is 5.91 Å². The molecule has 3 rings (SSSR count). The molecule has 134 valence electrons. The predicted octanol–water partition coefficient (Wildman–Crippen LogP) is 2.05. The van der Waals surface area contributed by atoms with Gasteiger partial charge in [-0.05, 0) is 30.9 Å². The maximum Gasteiger partial charge on any atom is 0.341 e. The first-order valence-electron chi connectivity index (χ1n) is 8.45. The summed E-state index contributed by atoms with van der Waals surface area (Å²) in [5.74, 6) is 0.753. The van der Waals surface area contributed by atoms with Crippen molar-refractivity contribution in [2.45, 2.75) is 19.8 Å². The highest BCUT2D eigenvalue weighted by atomic mass is 32.1. The van der Waals surface area contributed by atoms with Crippen LogP contribution in [0.3, 0.4) is 0 Å². The summed E-state index contributed by atoms with van der Waals surface area (Å²) in [6.45, 7) is 4.70. The molecule has 1 aliphatic rings. The molecule has 0 radical (unpaired) electrons. The number of likely N-dealkylation sites (tertiary alicyclic amines) is 1. The van der Waals surface area contributed by atoms with E-state index in [9.17, 15) is 9.59 Å². The second-order valence-corrected chi connectivity index (χ2v) is 7.36. The second kappa shape index (κ2) is 7.84. The van der Waals surface area contributed by atoms with Crippen LogP contribution in [0.1, 0.15) is 30.1 Å². The summed E-state index contributed by atoms with van der Waals surface area (Å²) in [5, 5.41) is 5.19. The molecule has 1 saturated heterocycles. The number of hydrogen-bond acceptors (Lipinski definition) is 5. The molecule has 0 atom stereocenters. The van der Waals surface area contributed by atoms with Crippen LogP contribution in [-0.4, -0.2) is 38.6 Å². The number of carbonyl (C=O) groups is 2. The Morgan fingerprint density at radius 2 is 2.16 bits per heavy atom. The van der Waals surface area contributed by atoms with E-state index < -0.39 is 5.97 Å². The molecule has 0 spiro atoms. The monoisotopic (exact) mass is 363 g/mol. The molecule has 1 aliphatic heterocycles. The minimum Gasteiger partial charge on any atom is -0.465 e. The van der Waals surface area contributed by atoms with E-state index >= 15 is 0 Å². The van der Waals surface area contributed by atoms with Gasteiger partial charge in [0, 0.05) is 10.9 Å². The van der Waals surface area contributed by atoms with Crippen LogP contribution >= 0.6 is 11.3 Å². The van der Waals surface area contributed by atoms with E-state index in [1.54, 1.807) is 23.8 Å². The van der Waals surface area contributed by atoms with Gasteiger partial charge in [-0.3, -0.25) is 4.79 Å². The lowest BCUT2D eigenvalue weighted by Gasteiger charge is -2.26. The largest absolute Gasteiger partial charge is 0.465 e. The first-order valence-corrected chi connectivity index (χ1v) is 9.33. The van der Waals surface area contributed by atoms with Crippen LogP contribution in [-0.2, 0) is 9.53 Å². The zero-order chi connectivity index (χ0) is 17.8. The van der Waals surface area contributed by atoms with Gasteiger partial charge in [0.25, 0.3) is 5.91 Å². The lowest BCUT2D eigenvalue weighted by Crippen LogP contribution is -3.14. The maximum absolute atomic E-state index is 12.4. The number of piperidine rings is 1. The molecule has 3 heterocycles. The highest BCUT2D eigenvalue weighted by molar-refractivity contribution is 7.15. The average Bonchev–Trinajstić information content (AvgIpc) is 3.25. The number of hydrogen-bond donors (Lipinski definition) is 2. The number of methoxy groups -OCH3 is 1. The van der Waals surface area contributed by atoms with Crippen molar-refractivity contribution in [3.05, 3.63) is 29.3 Å². The summed E-state index contributed by atoms with van der Waals surface area (Å²) in [6, 6.07) is 3.53. The molecule has 0 aromatic carbocycles. The Bertz CT molecular complexity index is 730. The molecule has 2 N–H and O–H groups in total. The van der Waals surface area contributed by atoms with Crippen molar-refractivity contribution in [1.82, 2.24) is 0 Å². The van der Waals surface area contributed by atoms with E-state index in [0.29, 0.717) is 28.4 Å². The number of thiophene rings is 1. The Balaban J connectivity index is 1.73. The zero-order valence-electron chi connectivity index (χ0n) is 14.5. The second-order valence-electron chi connectivity index (χ2n) is 6.48. The van der Waals surface area contributed by atoms with E-state index in [0.717, 1.165) is 31.8 Å². The molecule has 0 saturated carbocycles. The summed E-state index contributed by atoms with van der Waals surface area (Å²) >= 11 is 1.31. The topological polar surface area (TPSA) is 73.0 Å². The van der Waals surface area contributed by atoms with Crippen molar-refractivity contribution in [2.24, 2.45) is 5.92 Å². The number of ether oxygens (including phenoxy) is 1. The fourth-order valence-electron chi connectivity index (χ4n) is 3.11. The Morgan fingerprint density at radius 1 is 1.40 bits per heavy atom. The smallest absolute Gasteiger partial charge is 0.341 e. The lowest BCUT2D eigenvalue weighted by molar-refractivity contribution is -0.897. The Labute approximate surface area is 150 Å². The van der Waals surface area contributed by atoms with E-state index in [2.05, 4.69) is 12.2 Å². The van der Waals surface area contributed by atoms with Gasteiger partial charge < -0.3 is 19.4 Å². The molecular weight excluding hydrogens is 340 g/mol. The molecule has 2 aromatic heterocycles. The number of esters is 1. The molecule has 6 nitrogen and oxygen atoms in total. The number of quaternary nitrogens is 1. The number of furan rings is 1. The zero-order valence-corrected chi connectivity index (χ0v) is 15.3.